The van der Waals surface area contributed by atoms with Gasteiger partial charge >= 0.3 is 0 Å². The molecule has 0 aliphatic rings. The first-order chi connectivity index (χ1) is 18.1. The van der Waals surface area contributed by atoms with E-state index in [1.54, 1.807) is 11.3 Å². The van der Waals surface area contributed by atoms with Gasteiger partial charge in [-0.05, 0) is 59.0 Å². The molecule has 0 bridgehead atoms. The molecule has 0 aliphatic heterocycles. The maximum Gasteiger partial charge on any atom is 0.124 e. The monoisotopic (exact) mass is 494 g/mol. The van der Waals surface area contributed by atoms with Gasteiger partial charge in [-0.2, -0.15) is 0 Å². The first kappa shape index (κ1) is 21.5. The second-order valence-electron chi connectivity index (χ2n) is 9.15. The third-order valence-corrected chi connectivity index (χ3v) is 7.81. The average molecular weight is 495 g/mol. The molecule has 7 aromatic rings. The van der Waals surface area contributed by atoms with Crippen molar-refractivity contribution in [3.05, 3.63) is 109 Å². The maximum atomic E-state index is 6.01. The number of hydrogen-bond donors (Lipinski definition) is 2. The van der Waals surface area contributed by atoms with Crippen LogP contribution in [0.4, 0.5) is 11.4 Å². The summed E-state index contributed by atoms with van der Waals surface area (Å²) in [5.74, 6) is 0. The Balaban J connectivity index is 1.43. The van der Waals surface area contributed by atoms with Crippen molar-refractivity contribution in [2.24, 2.45) is 0 Å². The molecule has 2 heterocycles. The number of anilines is 2. The number of nitrogen functional groups attached to an aromatic ring is 2. The molecule has 0 atom stereocenters. The number of nitrogens with two attached hydrogens (primary N) is 2. The standard InChI is InChI=1S/C32H22N4S/c33-22-14-11-19(12-15-22)31-26-8-2-1-7-25(26)30-24(9-4-10-28(30)35-31)20-13-16-27-29(18-20)37-32(36-27)21-5-3-6-23(34)17-21/h1-18H,33-34H2. The Morgan fingerprint density at radius 3 is 2.16 bits per heavy atom. The summed E-state index contributed by atoms with van der Waals surface area (Å²) in [6.45, 7) is 0. The third kappa shape index (κ3) is 3.68. The van der Waals surface area contributed by atoms with Crippen molar-refractivity contribution in [2.75, 3.05) is 11.5 Å². The summed E-state index contributed by atoms with van der Waals surface area (Å²) in [5.41, 5.74) is 20.7. The maximum absolute atomic E-state index is 6.01. The van der Waals surface area contributed by atoms with E-state index in [1.807, 2.05) is 42.5 Å². The van der Waals surface area contributed by atoms with Crippen LogP contribution in [0, 0.1) is 0 Å². The minimum absolute atomic E-state index is 0.742. The number of nitrogens with zero attached hydrogens (tertiary/aromatic N) is 2. The van der Waals surface area contributed by atoms with Crippen molar-refractivity contribution in [2.45, 2.75) is 0 Å². The molecule has 176 valence electrons. The van der Waals surface area contributed by atoms with E-state index >= 15 is 0 Å². The lowest BCUT2D eigenvalue weighted by atomic mass is 9.94. The molecule has 0 radical (unpaired) electrons. The van der Waals surface area contributed by atoms with Crippen LogP contribution < -0.4 is 11.5 Å². The molecule has 0 saturated heterocycles. The highest BCUT2D eigenvalue weighted by molar-refractivity contribution is 7.21. The fourth-order valence-electron chi connectivity index (χ4n) is 4.99. The molecule has 37 heavy (non-hydrogen) atoms. The van der Waals surface area contributed by atoms with Crippen molar-refractivity contribution < 1.29 is 0 Å². The van der Waals surface area contributed by atoms with Gasteiger partial charge in [0.05, 0.1) is 21.4 Å². The number of rotatable bonds is 3. The van der Waals surface area contributed by atoms with Crippen LogP contribution >= 0.6 is 11.3 Å². The summed E-state index contributed by atoms with van der Waals surface area (Å²) in [6.07, 6.45) is 0. The SMILES string of the molecule is Nc1ccc(-c2nc3cccc(-c4ccc5nc(-c6cccc(N)c6)sc5c4)c3c3ccccc23)cc1. The highest BCUT2D eigenvalue weighted by atomic mass is 32.1. The van der Waals surface area contributed by atoms with E-state index in [9.17, 15) is 0 Å². The molecule has 0 saturated carbocycles. The highest BCUT2D eigenvalue weighted by Gasteiger charge is 2.15. The quantitative estimate of drug-likeness (QED) is 0.192. The molecule has 4 nitrogen and oxygen atoms in total. The molecule has 0 amide bonds. The van der Waals surface area contributed by atoms with E-state index in [0.717, 1.165) is 70.8 Å². The Morgan fingerprint density at radius 2 is 1.32 bits per heavy atom. The summed E-state index contributed by atoms with van der Waals surface area (Å²) in [7, 11) is 0. The first-order valence-electron chi connectivity index (χ1n) is 12.1. The zero-order valence-corrected chi connectivity index (χ0v) is 20.7. The topological polar surface area (TPSA) is 77.8 Å². The van der Waals surface area contributed by atoms with E-state index in [1.165, 1.54) is 5.39 Å². The fourth-order valence-corrected chi connectivity index (χ4v) is 5.99. The van der Waals surface area contributed by atoms with Crippen molar-refractivity contribution in [1.29, 1.82) is 0 Å². The number of aromatic nitrogens is 2. The summed E-state index contributed by atoms with van der Waals surface area (Å²) >= 11 is 1.69. The summed E-state index contributed by atoms with van der Waals surface area (Å²) in [6, 6.07) is 37.2. The van der Waals surface area contributed by atoms with E-state index in [0.29, 0.717) is 0 Å². The Bertz CT molecular complexity index is 1950. The van der Waals surface area contributed by atoms with E-state index < -0.39 is 0 Å². The molecule has 0 spiro atoms. The van der Waals surface area contributed by atoms with Gasteiger partial charge < -0.3 is 11.5 Å². The normalized spacial score (nSPS) is 11.5. The Hall–Kier alpha value is -4.74. The summed E-state index contributed by atoms with van der Waals surface area (Å²) < 4.78 is 1.14. The molecule has 5 aromatic carbocycles. The van der Waals surface area contributed by atoms with E-state index in [4.69, 9.17) is 21.4 Å². The van der Waals surface area contributed by atoms with Crippen molar-refractivity contribution >= 4 is 54.6 Å². The molecule has 2 aromatic heterocycles. The van der Waals surface area contributed by atoms with Gasteiger partial charge in [0.2, 0.25) is 0 Å². The van der Waals surface area contributed by atoms with Crippen LogP contribution in [0.3, 0.4) is 0 Å². The van der Waals surface area contributed by atoms with Gasteiger partial charge in [0.15, 0.2) is 0 Å². The van der Waals surface area contributed by atoms with E-state index in [2.05, 4.69) is 66.7 Å². The predicted octanol–water partition coefficient (Wildman–Crippen LogP) is 8.16. The summed E-state index contributed by atoms with van der Waals surface area (Å²) in [5, 5.41) is 4.42. The van der Waals surface area contributed by atoms with E-state index in [-0.39, 0.29) is 0 Å². The van der Waals surface area contributed by atoms with Crippen LogP contribution in [0.25, 0.3) is 64.8 Å². The summed E-state index contributed by atoms with van der Waals surface area (Å²) in [4.78, 5) is 10.0. The van der Waals surface area contributed by atoms with Crippen LogP contribution in [0.5, 0.6) is 0 Å². The first-order valence-corrected chi connectivity index (χ1v) is 12.9. The molecule has 0 aliphatic carbocycles. The van der Waals surface area contributed by atoms with Crippen LogP contribution in [-0.2, 0) is 0 Å². The minimum atomic E-state index is 0.742. The largest absolute Gasteiger partial charge is 0.399 e. The lowest BCUT2D eigenvalue weighted by Gasteiger charge is -2.14. The minimum Gasteiger partial charge on any atom is -0.399 e. The Kier molecular flexibility index (Phi) is 4.91. The van der Waals surface area contributed by atoms with Crippen molar-refractivity contribution in [3.8, 4) is 33.0 Å². The van der Waals surface area contributed by atoms with Crippen LogP contribution in [0.15, 0.2) is 109 Å². The zero-order valence-electron chi connectivity index (χ0n) is 19.8. The lowest BCUT2D eigenvalue weighted by molar-refractivity contribution is 1.43. The molecular weight excluding hydrogens is 472 g/mol. The van der Waals surface area contributed by atoms with Gasteiger partial charge in [-0.1, -0.05) is 66.7 Å². The fraction of sp³-hybridized carbons (Fsp3) is 0. The van der Waals surface area contributed by atoms with Gasteiger partial charge in [0.1, 0.15) is 5.01 Å². The molecule has 4 N–H and O–H groups in total. The third-order valence-electron chi connectivity index (χ3n) is 6.74. The van der Waals surface area contributed by atoms with Crippen LogP contribution in [0.2, 0.25) is 0 Å². The lowest BCUT2D eigenvalue weighted by Crippen LogP contribution is -1.92. The van der Waals surface area contributed by atoms with Crippen molar-refractivity contribution in [1.82, 2.24) is 9.97 Å². The Morgan fingerprint density at radius 1 is 0.541 bits per heavy atom. The van der Waals surface area contributed by atoms with Gasteiger partial charge in [0.25, 0.3) is 0 Å². The zero-order chi connectivity index (χ0) is 24.9. The second kappa shape index (κ2) is 8.43. The number of fused-ring (bicyclic) bond motifs is 4. The number of pyridine rings is 1. The number of benzene rings is 5. The van der Waals surface area contributed by atoms with Gasteiger partial charge in [-0.25, -0.2) is 9.97 Å². The molecular formula is C32H22N4S. The average Bonchev–Trinajstić information content (AvgIpc) is 3.36. The van der Waals surface area contributed by atoms with Crippen LogP contribution in [0.1, 0.15) is 0 Å². The Labute approximate surface area is 217 Å². The molecule has 5 heteroatoms. The predicted molar refractivity (Wildman–Crippen MR) is 158 cm³/mol. The number of thiazole rings is 1. The second-order valence-corrected chi connectivity index (χ2v) is 10.2. The highest BCUT2D eigenvalue weighted by Crippen LogP contribution is 2.39. The smallest absolute Gasteiger partial charge is 0.124 e. The molecule has 0 unspecified atom stereocenters. The van der Waals surface area contributed by atoms with Crippen LogP contribution in [-0.4, -0.2) is 9.97 Å². The van der Waals surface area contributed by atoms with Gasteiger partial charge in [-0.15, -0.1) is 11.3 Å². The molecule has 7 rings (SSSR count). The van der Waals surface area contributed by atoms with Crippen molar-refractivity contribution in [3.63, 3.8) is 0 Å². The van der Waals surface area contributed by atoms with Gasteiger partial charge in [0, 0.05) is 33.3 Å². The molecule has 0 fully saturated rings. The number of hydrogen-bond acceptors (Lipinski definition) is 5. The van der Waals surface area contributed by atoms with Gasteiger partial charge in [-0.3, -0.25) is 0 Å².